The summed E-state index contributed by atoms with van der Waals surface area (Å²) >= 11 is 0. The van der Waals surface area contributed by atoms with Gasteiger partial charge in [0.15, 0.2) is 0 Å². The van der Waals surface area contributed by atoms with Gasteiger partial charge >= 0.3 is 0 Å². The maximum Gasteiger partial charge on any atom is 0.129 e. The second-order valence-corrected chi connectivity index (χ2v) is 5.47. The Kier molecular flexibility index (Phi) is 5.34. The maximum atomic E-state index is 13.8. The Hall–Kier alpha value is -1.87. The predicted octanol–water partition coefficient (Wildman–Crippen LogP) is 4.25. The Morgan fingerprint density at radius 2 is 1.81 bits per heavy atom. The molecular formula is C18H22FNO. The van der Waals surface area contributed by atoms with E-state index in [2.05, 4.69) is 19.2 Å². The van der Waals surface area contributed by atoms with Gasteiger partial charge in [0.25, 0.3) is 0 Å². The van der Waals surface area contributed by atoms with Crippen molar-refractivity contribution in [3.05, 3.63) is 65.0 Å². The molecule has 2 aromatic rings. The molecule has 0 spiro atoms. The summed E-state index contributed by atoms with van der Waals surface area (Å²) in [5.74, 6) is 1.03. The fourth-order valence-corrected chi connectivity index (χ4v) is 2.16. The third-order valence-corrected chi connectivity index (χ3v) is 3.43. The van der Waals surface area contributed by atoms with Crippen LogP contribution in [0, 0.1) is 5.82 Å². The highest BCUT2D eigenvalue weighted by molar-refractivity contribution is 5.30. The number of benzene rings is 2. The van der Waals surface area contributed by atoms with Gasteiger partial charge in [0, 0.05) is 12.1 Å². The molecule has 0 unspecified atom stereocenters. The Balaban J connectivity index is 2.03. The molecule has 2 aromatic carbocycles. The zero-order valence-electron chi connectivity index (χ0n) is 12.8. The highest BCUT2D eigenvalue weighted by Crippen LogP contribution is 2.20. The monoisotopic (exact) mass is 287 g/mol. The van der Waals surface area contributed by atoms with E-state index in [0.29, 0.717) is 11.5 Å². The van der Waals surface area contributed by atoms with Gasteiger partial charge in [-0.3, -0.25) is 0 Å². The highest BCUT2D eigenvalue weighted by Gasteiger charge is 2.05. The summed E-state index contributed by atoms with van der Waals surface area (Å²) in [7, 11) is 1.87. The number of ether oxygens (including phenoxy) is 1. The van der Waals surface area contributed by atoms with Crippen LogP contribution in [0.2, 0.25) is 0 Å². The van der Waals surface area contributed by atoms with Gasteiger partial charge in [0.2, 0.25) is 0 Å². The van der Waals surface area contributed by atoms with Gasteiger partial charge in [0.05, 0.1) is 0 Å². The molecule has 0 atom stereocenters. The van der Waals surface area contributed by atoms with Crippen LogP contribution in [0.5, 0.6) is 5.75 Å². The van der Waals surface area contributed by atoms with Crippen LogP contribution in [0.4, 0.5) is 4.39 Å². The Labute approximate surface area is 126 Å². The molecule has 112 valence electrons. The summed E-state index contributed by atoms with van der Waals surface area (Å²) in [6.07, 6.45) is 0. The van der Waals surface area contributed by atoms with Crippen molar-refractivity contribution in [2.24, 2.45) is 0 Å². The van der Waals surface area contributed by atoms with E-state index >= 15 is 0 Å². The SMILES string of the molecule is CNCc1ccc(F)c(COc2ccc(C(C)C)cc2)c1. The lowest BCUT2D eigenvalue weighted by atomic mass is 10.0. The average Bonchev–Trinajstić information content (AvgIpc) is 2.48. The van der Waals surface area contributed by atoms with Gasteiger partial charge < -0.3 is 10.1 Å². The van der Waals surface area contributed by atoms with Gasteiger partial charge in [-0.05, 0) is 48.4 Å². The van der Waals surface area contributed by atoms with Crippen LogP contribution in [-0.2, 0) is 13.2 Å². The fraction of sp³-hybridized carbons (Fsp3) is 0.333. The molecular weight excluding hydrogens is 265 g/mol. The minimum atomic E-state index is -0.228. The molecule has 0 aliphatic heterocycles. The lowest BCUT2D eigenvalue weighted by Crippen LogP contribution is -2.07. The van der Waals surface area contributed by atoms with E-state index in [9.17, 15) is 4.39 Å². The molecule has 0 fully saturated rings. The van der Waals surface area contributed by atoms with Crippen LogP contribution in [0.1, 0.15) is 36.5 Å². The number of hydrogen-bond acceptors (Lipinski definition) is 2. The third-order valence-electron chi connectivity index (χ3n) is 3.43. The smallest absolute Gasteiger partial charge is 0.129 e. The summed E-state index contributed by atoms with van der Waals surface area (Å²) < 4.78 is 19.5. The van der Waals surface area contributed by atoms with Gasteiger partial charge in [-0.15, -0.1) is 0 Å². The molecule has 0 saturated carbocycles. The molecule has 0 radical (unpaired) electrons. The number of rotatable bonds is 6. The Morgan fingerprint density at radius 1 is 1.10 bits per heavy atom. The number of hydrogen-bond donors (Lipinski definition) is 1. The lowest BCUT2D eigenvalue weighted by molar-refractivity contribution is 0.299. The van der Waals surface area contributed by atoms with Crippen LogP contribution in [0.3, 0.4) is 0 Å². The van der Waals surface area contributed by atoms with E-state index < -0.39 is 0 Å². The van der Waals surface area contributed by atoms with Crippen molar-refractivity contribution in [3.63, 3.8) is 0 Å². The molecule has 0 aliphatic carbocycles. The molecule has 0 aliphatic rings. The summed E-state index contributed by atoms with van der Waals surface area (Å²) in [6.45, 7) is 5.26. The third kappa shape index (κ3) is 4.30. The van der Waals surface area contributed by atoms with Crippen molar-refractivity contribution in [1.29, 1.82) is 0 Å². The minimum Gasteiger partial charge on any atom is -0.489 e. The molecule has 0 aromatic heterocycles. The van der Waals surface area contributed by atoms with E-state index in [-0.39, 0.29) is 12.4 Å². The Morgan fingerprint density at radius 3 is 2.43 bits per heavy atom. The number of halogens is 1. The van der Waals surface area contributed by atoms with Crippen molar-refractivity contribution >= 4 is 0 Å². The first-order valence-corrected chi connectivity index (χ1v) is 7.25. The Bertz CT molecular complexity index is 578. The van der Waals surface area contributed by atoms with Crippen molar-refractivity contribution in [3.8, 4) is 5.75 Å². The van der Waals surface area contributed by atoms with Crippen molar-refractivity contribution in [1.82, 2.24) is 5.32 Å². The molecule has 3 heteroatoms. The van der Waals surface area contributed by atoms with E-state index in [1.807, 2.05) is 37.4 Å². The predicted molar refractivity (Wildman–Crippen MR) is 84.0 cm³/mol. The van der Waals surface area contributed by atoms with Crippen LogP contribution in [0.15, 0.2) is 42.5 Å². The van der Waals surface area contributed by atoms with E-state index in [1.165, 1.54) is 11.6 Å². The minimum absolute atomic E-state index is 0.228. The second-order valence-electron chi connectivity index (χ2n) is 5.47. The van der Waals surface area contributed by atoms with Crippen molar-refractivity contribution < 1.29 is 9.13 Å². The molecule has 0 bridgehead atoms. The van der Waals surface area contributed by atoms with Crippen LogP contribution in [-0.4, -0.2) is 7.05 Å². The first kappa shape index (κ1) is 15.5. The summed E-state index contributed by atoms with van der Waals surface area (Å²) in [5.41, 5.74) is 2.90. The molecule has 0 saturated heterocycles. The first-order valence-electron chi connectivity index (χ1n) is 7.25. The van der Waals surface area contributed by atoms with Crippen LogP contribution < -0.4 is 10.1 Å². The van der Waals surface area contributed by atoms with Crippen LogP contribution >= 0.6 is 0 Å². The molecule has 21 heavy (non-hydrogen) atoms. The number of nitrogens with one attached hydrogen (secondary N) is 1. The summed E-state index contributed by atoms with van der Waals surface area (Å²) in [4.78, 5) is 0. The van der Waals surface area contributed by atoms with Crippen molar-refractivity contribution in [2.75, 3.05) is 7.05 Å². The normalized spacial score (nSPS) is 10.9. The van der Waals surface area contributed by atoms with Crippen LogP contribution in [0.25, 0.3) is 0 Å². The standard InChI is InChI=1S/C18H22FNO/c1-13(2)15-5-7-17(8-6-15)21-12-16-10-14(11-20-3)4-9-18(16)19/h4-10,13,20H,11-12H2,1-3H3. The largest absolute Gasteiger partial charge is 0.489 e. The molecule has 0 heterocycles. The highest BCUT2D eigenvalue weighted by atomic mass is 19.1. The summed E-state index contributed by atoms with van der Waals surface area (Å²) in [6, 6.07) is 13.1. The fourth-order valence-electron chi connectivity index (χ4n) is 2.16. The van der Waals surface area contributed by atoms with E-state index in [1.54, 1.807) is 6.07 Å². The molecule has 2 rings (SSSR count). The topological polar surface area (TPSA) is 21.3 Å². The van der Waals surface area contributed by atoms with Gasteiger partial charge in [-0.1, -0.05) is 32.0 Å². The van der Waals surface area contributed by atoms with Gasteiger partial charge in [-0.25, -0.2) is 4.39 Å². The zero-order chi connectivity index (χ0) is 15.2. The van der Waals surface area contributed by atoms with E-state index in [0.717, 1.165) is 17.9 Å². The quantitative estimate of drug-likeness (QED) is 0.857. The average molecular weight is 287 g/mol. The van der Waals surface area contributed by atoms with E-state index in [4.69, 9.17) is 4.74 Å². The molecule has 2 nitrogen and oxygen atoms in total. The zero-order valence-corrected chi connectivity index (χ0v) is 12.8. The second kappa shape index (κ2) is 7.23. The first-order chi connectivity index (χ1) is 10.1. The van der Waals surface area contributed by atoms with Gasteiger partial charge in [0.1, 0.15) is 18.2 Å². The lowest BCUT2D eigenvalue weighted by Gasteiger charge is -2.10. The van der Waals surface area contributed by atoms with Crippen molar-refractivity contribution in [2.45, 2.75) is 32.9 Å². The molecule has 1 N–H and O–H groups in total. The van der Waals surface area contributed by atoms with Gasteiger partial charge in [-0.2, -0.15) is 0 Å². The molecule has 0 amide bonds. The maximum absolute atomic E-state index is 13.8. The summed E-state index contributed by atoms with van der Waals surface area (Å²) in [5, 5.41) is 3.06.